The van der Waals surface area contributed by atoms with Gasteiger partial charge < -0.3 is 4.90 Å². The molecule has 2 aromatic rings. The number of halogens is 2. The number of likely N-dealkylation sites (tertiary alicyclic amines) is 1. The molecule has 1 aliphatic heterocycles. The van der Waals surface area contributed by atoms with E-state index in [0.717, 1.165) is 37.8 Å². The molecule has 8 heteroatoms. The molecule has 2 aromatic carbocycles. The van der Waals surface area contributed by atoms with Crippen molar-refractivity contribution >= 4 is 21.6 Å². The number of hydrogen-bond acceptors (Lipinski definition) is 3. The van der Waals surface area contributed by atoms with Crippen molar-refractivity contribution in [2.75, 3.05) is 17.8 Å². The number of carbonyl (C=O) groups excluding carboxylic acids is 1. The Morgan fingerprint density at radius 2 is 1.56 bits per heavy atom. The lowest BCUT2D eigenvalue weighted by Gasteiger charge is -2.20. The number of nitrogens with zero attached hydrogens (tertiary/aromatic N) is 1. The number of carbonyl (C=O) groups is 1. The Hall–Kier alpha value is -2.48. The molecular weight excluding hydrogens is 374 g/mol. The van der Waals surface area contributed by atoms with E-state index in [1.54, 1.807) is 4.90 Å². The maximum atomic E-state index is 13.7. The van der Waals surface area contributed by atoms with E-state index in [4.69, 9.17) is 0 Å². The molecule has 1 heterocycles. The van der Waals surface area contributed by atoms with Crippen molar-refractivity contribution in [3.8, 4) is 0 Å². The highest BCUT2D eigenvalue weighted by molar-refractivity contribution is 7.92. The summed E-state index contributed by atoms with van der Waals surface area (Å²) >= 11 is 0. The number of anilines is 1. The second kappa shape index (κ2) is 8.04. The smallest absolute Gasteiger partial charge is 0.261 e. The first-order chi connectivity index (χ1) is 12.9. The molecule has 0 aliphatic carbocycles. The molecule has 1 amide bonds. The molecule has 1 fully saturated rings. The predicted octanol–water partition coefficient (Wildman–Crippen LogP) is 3.78. The van der Waals surface area contributed by atoms with E-state index in [1.165, 1.54) is 24.3 Å². The van der Waals surface area contributed by atoms with Crippen molar-refractivity contribution in [2.24, 2.45) is 0 Å². The van der Waals surface area contributed by atoms with Crippen LogP contribution in [0, 0.1) is 11.6 Å². The molecule has 0 atom stereocenters. The van der Waals surface area contributed by atoms with Crippen LogP contribution in [-0.4, -0.2) is 32.3 Å². The Balaban J connectivity index is 1.76. The van der Waals surface area contributed by atoms with Gasteiger partial charge in [0.25, 0.3) is 15.9 Å². The van der Waals surface area contributed by atoms with E-state index in [2.05, 4.69) is 4.72 Å². The first-order valence-electron chi connectivity index (χ1n) is 8.74. The van der Waals surface area contributed by atoms with Gasteiger partial charge in [-0.1, -0.05) is 12.8 Å². The van der Waals surface area contributed by atoms with Gasteiger partial charge in [0.1, 0.15) is 11.6 Å². The van der Waals surface area contributed by atoms with Crippen molar-refractivity contribution in [2.45, 2.75) is 30.6 Å². The van der Waals surface area contributed by atoms with E-state index >= 15 is 0 Å². The van der Waals surface area contributed by atoms with Crippen molar-refractivity contribution in [1.29, 1.82) is 0 Å². The first kappa shape index (κ1) is 19.3. The topological polar surface area (TPSA) is 66.5 Å². The van der Waals surface area contributed by atoms with Crippen LogP contribution < -0.4 is 4.72 Å². The highest BCUT2D eigenvalue weighted by Crippen LogP contribution is 2.21. The summed E-state index contributed by atoms with van der Waals surface area (Å²) in [7, 11) is -4.06. The molecule has 0 unspecified atom stereocenters. The molecule has 0 spiro atoms. The largest absolute Gasteiger partial charge is 0.339 e. The number of benzene rings is 2. The fraction of sp³-hybridized carbons (Fsp3) is 0.316. The Morgan fingerprint density at radius 1 is 0.926 bits per heavy atom. The van der Waals surface area contributed by atoms with Gasteiger partial charge in [0, 0.05) is 24.7 Å². The third-order valence-electron chi connectivity index (χ3n) is 4.48. The van der Waals surface area contributed by atoms with Gasteiger partial charge in [0.15, 0.2) is 0 Å². The highest BCUT2D eigenvalue weighted by Gasteiger charge is 2.20. The fourth-order valence-electron chi connectivity index (χ4n) is 3.01. The Kier molecular flexibility index (Phi) is 5.74. The van der Waals surface area contributed by atoms with Crippen molar-refractivity contribution in [3.05, 3.63) is 59.7 Å². The summed E-state index contributed by atoms with van der Waals surface area (Å²) in [5.41, 5.74) is 0.0601. The monoisotopic (exact) mass is 394 g/mol. The lowest BCUT2D eigenvalue weighted by molar-refractivity contribution is 0.0761. The average Bonchev–Trinajstić information content (AvgIpc) is 2.93. The molecule has 5 nitrogen and oxygen atoms in total. The zero-order valence-electron chi connectivity index (χ0n) is 14.6. The second-order valence-electron chi connectivity index (χ2n) is 6.46. The Morgan fingerprint density at radius 3 is 2.15 bits per heavy atom. The van der Waals surface area contributed by atoms with Crippen molar-refractivity contribution < 1.29 is 22.0 Å². The Bertz CT molecular complexity index is 922. The van der Waals surface area contributed by atoms with Crippen LogP contribution in [0.3, 0.4) is 0 Å². The third kappa shape index (κ3) is 4.63. The maximum absolute atomic E-state index is 13.7. The first-order valence-corrected chi connectivity index (χ1v) is 10.2. The number of nitrogens with one attached hydrogen (secondary N) is 1. The third-order valence-corrected chi connectivity index (χ3v) is 5.86. The lowest BCUT2D eigenvalue weighted by Crippen LogP contribution is -2.31. The van der Waals surface area contributed by atoms with Crippen LogP contribution in [0.2, 0.25) is 0 Å². The summed E-state index contributed by atoms with van der Waals surface area (Å²) in [6.07, 6.45) is 4.13. The zero-order valence-corrected chi connectivity index (χ0v) is 15.4. The van der Waals surface area contributed by atoms with Crippen LogP contribution in [0.1, 0.15) is 36.0 Å². The maximum Gasteiger partial charge on any atom is 0.261 e. The second-order valence-corrected chi connectivity index (χ2v) is 8.14. The lowest BCUT2D eigenvalue weighted by atomic mass is 10.2. The predicted molar refractivity (Wildman–Crippen MR) is 98.0 cm³/mol. The number of sulfonamides is 1. The van der Waals surface area contributed by atoms with Crippen molar-refractivity contribution in [3.63, 3.8) is 0 Å². The molecule has 0 saturated carbocycles. The van der Waals surface area contributed by atoms with E-state index in [9.17, 15) is 22.0 Å². The van der Waals surface area contributed by atoms with Crippen LogP contribution in [-0.2, 0) is 10.0 Å². The molecule has 1 N–H and O–H groups in total. The standard InChI is InChI=1S/C19H20F2N2O3S/c20-15-7-10-18(17(21)13-15)22-27(25,26)16-8-5-14(6-9-16)19(24)23-11-3-1-2-4-12-23/h5-10,13,22H,1-4,11-12H2. The summed E-state index contributed by atoms with van der Waals surface area (Å²) in [6.45, 7) is 1.40. The molecular formula is C19H20F2N2O3S. The summed E-state index contributed by atoms with van der Waals surface area (Å²) in [5.74, 6) is -1.93. The van der Waals surface area contributed by atoms with Crippen molar-refractivity contribution in [1.82, 2.24) is 4.90 Å². The molecule has 3 rings (SSSR count). The van der Waals surface area contributed by atoms with Gasteiger partial charge in [-0.05, 0) is 49.2 Å². The van der Waals surface area contributed by atoms with Gasteiger partial charge >= 0.3 is 0 Å². The summed E-state index contributed by atoms with van der Waals surface area (Å²) in [6, 6.07) is 8.07. The quantitative estimate of drug-likeness (QED) is 0.858. The van der Waals surface area contributed by atoms with Gasteiger partial charge in [-0.15, -0.1) is 0 Å². The van der Waals surface area contributed by atoms with Gasteiger partial charge in [-0.3, -0.25) is 9.52 Å². The normalized spacial score (nSPS) is 15.3. The summed E-state index contributed by atoms with van der Waals surface area (Å²) in [4.78, 5) is 14.2. The molecule has 1 saturated heterocycles. The molecule has 1 aliphatic rings. The number of rotatable bonds is 4. The Labute approximate surface area is 157 Å². The van der Waals surface area contributed by atoms with E-state index in [0.29, 0.717) is 24.7 Å². The fourth-order valence-corrected chi connectivity index (χ4v) is 4.08. The van der Waals surface area contributed by atoms with Crippen LogP contribution in [0.5, 0.6) is 0 Å². The number of amides is 1. The van der Waals surface area contributed by atoms with Gasteiger partial charge in [-0.25, -0.2) is 17.2 Å². The average molecular weight is 394 g/mol. The van der Waals surface area contributed by atoms with Crippen LogP contribution in [0.4, 0.5) is 14.5 Å². The van der Waals surface area contributed by atoms with Crippen LogP contribution in [0.15, 0.2) is 47.4 Å². The minimum absolute atomic E-state index is 0.112. The molecule has 0 bridgehead atoms. The number of hydrogen-bond donors (Lipinski definition) is 1. The van der Waals surface area contributed by atoms with Gasteiger partial charge in [0.05, 0.1) is 10.6 Å². The SMILES string of the molecule is O=C(c1ccc(S(=O)(=O)Nc2ccc(F)cc2F)cc1)N1CCCCCC1. The highest BCUT2D eigenvalue weighted by atomic mass is 32.2. The molecule has 27 heavy (non-hydrogen) atoms. The van der Waals surface area contributed by atoms with Crippen LogP contribution in [0.25, 0.3) is 0 Å². The molecule has 0 aromatic heterocycles. The van der Waals surface area contributed by atoms with Gasteiger partial charge in [0.2, 0.25) is 0 Å². The molecule has 144 valence electrons. The van der Waals surface area contributed by atoms with E-state index in [-0.39, 0.29) is 16.5 Å². The summed E-state index contributed by atoms with van der Waals surface area (Å²) in [5, 5.41) is 0. The summed E-state index contributed by atoms with van der Waals surface area (Å²) < 4.78 is 53.5. The zero-order chi connectivity index (χ0) is 19.4. The minimum Gasteiger partial charge on any atom is -0.339 e. The van der Waals surface area contributed by atoms with Crippen LogP contribution >= 0.6 is 0 Å². The van der Waals surface area contributed by atoms with Gasteiger partial charge in [-0.2, -0.15) is 0 Å². The molecule has 0 radical (unpaired) electrons. The minimum atomic E-state index is -4.06. The van der Waals surface area contributed by atoms with E-state index < -0.39 is 21.7 Å². The van der Waals surface area contributed by atoms with E-state index in [1.807, 2.05) is 0 Å².